The molecule has 0 heterocycles. The van der Waals surface area contributed by atoms with Gasteiger partial charge in [0.2, 0.25) is 0 Å². The molecule has 2 fully saturated rings. The van der Waals surface area contributed by atoms with E-state index in [0.29, 0.717) is 5.92 Å². The average molecular weight is 164 g/mol. The van der Waals surface area contributed by atoms with E-state index < -0.39 is 5.60 Å². The van der Waals surface area contributed by atoms with E-state index in [0.717, 1.165) is 25.7 Å². The fourth-order valence-electron chi connectivity index (χ4n) is 3.25. The van der Waals surface area contributed by atoms with Gasteiger partial charge in [-0.1, -0.05) is 12.8 Å². The smallest absolute Gasteiger partial charge is 0.131 e. The highest BCUT2D eigenvalue weighted by Crippen LogP contribution is 2.61. The van der Waals surface area contributed by atoms with Crippen molar-refractivity contribution in [3.05, 3.63) is 0 Å². The first-order chi connectivity index (χ1) is 5.66. The Morgan fingerprint density at radius 3 is 2.75 bits per heavy atom. The van der Waals surface area contributed by atoms with E-state index in [1.54, 1.807) is 0 Å². The lowest BCUT2D eigenvalue weighted by molar-refractivity contribution is -0.0253. The molecule has 2 rings (SSSR count). The minimum Gasteiger partial charge on any atom is -0.377 e. The highest BCUT2D eigenvalue weighted by Gasteiger charge is 2.59. The molecular weight excluding hydrogens is 148 g/mol. The van der Waals surface area contributed by atoms with Gasteiger partial charge in [0.05, 0.1) is 0 Å². The SMILES string of the molecule is C#C[C@@]1(O)C[C@H]2CC[C@@]1(CC)C2. The summed E-state index contributed by atoms with van der Waals surface area (Å²) in [4.78, 5) is 0. The second kappa shape index (κ2) is 2.26. The zero-order valence-corrected chi connectivity index (χ0v) is 7.64. The summed E-state index contributed by atoms with van der Waals surface area (Å²) in [5.41, 5.74) is -0.697. The van der Waals surface area contributed by atoms with Crippen LogP contribution in [0.25, 0.3) is 0 Å². The van der Waals surface area contributed by atoms with Crippen molar-refractivity contribution in [2.75, 3.05) is 0 Å². The second-order valence-corrected chi connectivity index (χ2v) is 4.45. The lowest BCUT2D eigenvalue weighted by atomic mass is 9.70. The molecule has 12 heavy (non-hydrogen) atoms. The third kappa shape index (κ3) is 0.742. The Kier molecular flexibility index (Phi) is 1.53. The van der Waals surface area contributed by atoms with Crippen LogP contribution in [0.3, 0.4) is 0 Å². The first-order valence-corrected chi connectivity index (χ1v) is 4.86. The lowest BCUT2D eigenvalue weighted by Crippen LogP contribution is -2.42. The third-order valence-corrected chi connectivity index (χ3v) is 4.09. The highest BCUT2D eigenvalue weighted by atomic mass is 16.3. The fraction of sp³-hybridized carbons (Fsp3) is 0.818. The van der Waals surface area contributed by atoms with E-state index in [-0.39, 0.29) is 5.41 Å². The number of aliphatic hydroxyl groups is 1. The number of rotatable bonds is 1. The molecule has 0 aliphatic heterocycles. The molecule has 0 saturated heterocycles. The summed E-state index contributed by atoms with van der Waals surface area (Å²) in [6.45, 7) is 2.15. The summed E-state index contributed by atoms with van der Waals surface area (Å²) in [5, 5.41) is 10.2. The van der Waals surface area contributed by atoms with Crippen LogP contribution in [0, 0.1) is 23.7 Å². The van der Waals surface area contributed by atoms with Crippen LogP contribution < -0.4 is 0 Å². The maximum atomic E-state index is 10.2. The molecule has 2 bridgehead atoms. The summed E-state index contributed by atoms with van der Waals surface area (Å²) < 4.78 is 0. The Bertz CT molecular complexity index is 240. The van der Waals surface area contributed by atoms with Gasteiger partial charge in [-0.15, -0.1) is 6.42 Å². The van der Waals surface area contributed by atoms with Crippen molar-refractivity contribution in [3.8, 4) is 12.3 Å². The molecule has 0 aromatic rings. The van der Waals surface area contributed by atoms with Crippen molar-refractivity contribution in [2.45, 2.75) is 44.6 Å². The van der Waals surface area contributed by atoms with Crippen LogP contribution in [0.1, 0.15) is 39.0 Å². The Hall–Kier alpha value is -0.480. The Morgan fingerprint density at radius 2 is 2.33 bits per heavy atom. The third-order valence-electron chi connectivity index (χ3n) is 4.09. The molecule has 0 amide bonds. The maximum Gasteiger partial charge on any atom is 0.131 e. The Balaban J connectivity index is 2.36. The zero-order valence-electron chi connectivity index (χ0n) is 7.64. The van der Waals surface area contributed by atoms with Crippen LogP contribution in [0.5, 0.6) is 0 Å². The van der Waals surface area contributed by atoms with Crippen molar-refractivity contribution in [1.82, 2.24) is 0 Å². The minimum absolute atomic E-state index is 0.0758. The molecule has 1 nitrogen and oxygen atoms in total. The molecule has 0 radical (unpaired) electrons. The molecule has 3 atom stereocenters. The molecule has 2 aliphatic rings. The minimum atomic E-state index is -0.773. The predicted octanol–water partition coefficient (Wildman–Crippen LogP) is 1.95. The van der Waals surface area contributed by atoms with Crippen molar-refractivity contribution in [3.63, 3.8) is 0 Å². The number of hydrogen-bond acceptors (Lipinski definition) is 1. The molecular formula is C11H16O. The van der Waals surface area contributed by atoms with Gasteiger partial charge in [-0.2, -0.15) is 0 Å². The summed E-state index contributed by atoms with van der Waals surface area (Å²) >= 11 is 0. The Labute approximate surface area is 74.2 Å². The van der Waals surface area contributed by atoms with E-state index in [1.807, 2.05) is 0 Å². The van der Waals surface area contributed by atoms with E-state index in [2.05, 4.69) is 12.8 Å². The number of terminal acetylenes is 1. The predicted molar refractivity (Wildman–Crippen MR) is 48.5 cm³/mol. The fourth-order valence-corrected chi connectivity index (χ4v) is 3.25. The second-order valence-electron chi connectivity index (χ2n) is 4.45. The van der Waals surface area contributed by atoms with Gasteiger partial charge in [0.1, 0.15) is 5.60 Å². The zero-order chi connectivity index (χ0) is 8.82. The molecule has 0 unspecified atom stereocenters. The molecule has 0 aromatic carbocycles. The van der Waals surface area contributed by atoms with Gasteiger partial charge in [-0.25, -0.2) is 0 Å². The van der Waals surface area contributed by atoms with Crippen molar-refractivity contribution in [1.29, 1.82) is 0 Å². The van der Waals surface area contributed by atoms with E-state index in [1.165, 1.54) is 6.42 Å². The summed E-state index contributed by atoms with van der Waals surface area (Å²) in [6, 6.07) is 0. The van der Waals surface area contributed by atoms with Gasteiger partial charge in [0, 0.05) is 5.41 Å². The summed E-state index contributed by atoms with van der Waals surface area (Å²) in [5.74, 6) is 3.32. The summed E-state index contributed by atoms with van der Waals surface area (Å²) in [6.07, 6.45) is 10.9. The van der Waals surface area contributed by atoms with Crippen LogP contribution in [-0.4, -0.2) is 10.7 Å². The van der Waals surface area contributed by atoms with Crippen LogP contribution in [0.15, 0.2) is 0 Å². The normalized spacial score (nSPS) is 50.9. The van der Waals surface area contributed by atoms with E-state index in [9.17, 15) is 5.11 Å². The monoisotopic (exact) mass is 164 g/mol. The van der Waals surface area contributed by atoms with Gasteiger partial charge in [-0.05, 0) is 38.0 Å². The van der Waals surface area contributed by atoms with Gasteiger partial charge in [0.15, 0.2) is 0 Å². The van der Waals surface area contributed by atoms with Gasteiger partial charge >= 0.3 is 0 Å². The quantitative estimate of drug-likeness (QED) is 0.587. The standard InChI is InChI=1S/C11H16O/c1-3-10-6-5-9(7-10)8-11(10,12)4-2/h2,9,12H,3,5-8H2,1H3/t9-,10-,11+/m0/s1. The molecule has 0 aromatic heterocycles. The maximum absolute atomic E-state index is 10.2. The van der Waals surface area contributed by atoms with Crippen molar-refractivity contribution < 1.29 is 5.11 Å². The molecule has 2 saturated carbocycles. The van der Waals surface area contributed by atoms with Crippen molar-refractivity contribution >= 4 is 0 Å². The van der Waals surface area contributed by atoms with Crippen LogP contribution in [0.2, 0.25) is 0 Å². The molecule has 0 spiro atoms. The molecule has 1 heteroatoms. The molecule has 66 valence electrons. The molecule has 2 aliphatic carbocycles. The largest absolute Gasteiger partial charge is 0.377 e. The highest BCUT2D eigenvalue weighted by molar-refractivity contribution is 5.23. The van der Waals surface area contributed by atoms with Crippen LogP contribution >= 0.6 is 0 Å². The first kappa shape index (κ1) is 8.13. The van der Waals surface area contributed by atoms with Gasteiger partial charge in [0.25, 0.3) is 0 Å². The first-order valence-electron chi connectivity index (χ1n) is 4.86. The summed E-state index contributed by atoms with van der Waals surface area (Å²) in [7, 11) is 0. The van der Waals surface area contributed by atoms with Crippen molar-refractivity contribution in [2.24, 2.45) is 11.3 Å². The lowest BCUT2D eigenvalue weighted by Gasteiger charge is -2.38. The van der Waals surface area contributed by atoms with Gasteiger partial charge < -0.3 is 5.11 Å². The van der Waals surface area contributed by atoms with E-state index >= 15 is 0 Å². The van der Waals surface area contributed by atoms with Crippen LogP contribution in [-0.2, 0) is 0 Å². The Morgan fingerprint density at radius 1 is 1.58 bits per heavy atom. The average Bonchev–Trinajstić information content (AvgIpc) is 2.60. The van der Waals surface area contributed by atoms with Crippen LogP contribution in [0.4, 0.5) is 0 Å². The number of fused-ring (bicyclic) bond motifs is 2. The van der Waals surface area contributed by atoms with Gasteiger partial charge in [-0.3, -0.25) is 0 Å². The topological polar surface area (TPSA) is 20.2 Å². The van der Waals surface area contributed by atoms with E-state index in [4.69, 9.17) is 6.42 Å². The molecule has 1 N–H and O–H groups in total. The number of hydrogen-bond donors (Lipinski definition) is 1.